The van der Waals surface area contributed by atoms with Crippen LogP contribution in [0.5, 0.6) is 0 Å². The van der Waals surface area contributed by atoms with Crippen molar-refractivity contribution >= 4 is 6.09 Å². The molecule has 0 bridgehead atoms. The zero-order valence-corrected chi connectivity index (χ0v) is 13.0. The maximum absolute atomic E-state index is 11.4. The number of ether oxygens (including phenoxy) is 1. The van der Waals surface area contributed by atoms with E-state index in [2.05, 4.69) is 17.1 Å². The van der Waals surface area contributed by atoms with Gasteiger partial charge in [0.15, 0.2) is 0 Å². The van der Waals surface area contributed by atoms with Gasteiger partial charge in [-0.3, -0.25) is 0 Å². The number of rotatable bonds is 9. The molecular formula is C14H31N3O2. The predicted molar refractivity (Wildman–Crippen MR) is 79.3 cm³/mol. The maximum Gasteiger partial charge on any atom is 0.407 e. The third-order valence-electron chi connectivity index (χ3n) is 2.54. The first-order chi connectivity index (χ1) is 8.89. The minimum absolute atomic E-state index is 0.337. The molecule has 0 heterocycles. The summed E-state index contributed by atoms with van der Waals surface area (Å²) in [5, 5.41) is 2.78. The highest BCUT2D eigenvalue weighted by Gasteiger charge is 2.15. The van der Waals surface area contributed by atoms with Crippen LogP contribution in [-0.2, 0) is 4.74 Å². The Morgan fingerprint density at radius 2 is 1.84 bits per heavy atom. The van der Waals surface area contributed by atoms with Crippen LogP contribution in [0, 0.1) is 0 Å². The van der Waals surface area contributed by atoms with Gasteiger partial charge < -0.3 is 20.7 Å². The smallest absolute Gasteiger partial charge is 0.407 e. The van der Waals surface area contributed by atoms with Gasteiger partial charge in [-0.1, -0.05) is 6.92 Å². The van der Waals surface area contributed by atoms with E-state index >= 15 is 0 Å². The van der Waals surface area contributed by atoms with E-state index in [-0.39, 0.29) is 6.09 Å². The van der Waals surface area contributed by atoms with E-state index in [0.717, 1.165) is 45.4 Å². The SMILES string of the molecule is CCCN(CCCN)CCCNC(=O)OC(C)(C)C. The summed E-state index contributed by atoms with van der Waals surface area (Å²) in [6, 6.07) is 0. The Morgan fingerprint density at radius 1 is 1.21 bits per heavy atom. The van der Waals surface area contributed by atoms with E-state index in [1.165, 1.54) is 0 Å². The molecule has 5 heteroatoms. The Hall–Kier alpha value is -0.810. The number of alkyl carbamates (subject to hydrolysis) is 1. The van der Waals surface area contributed by atoms with Crippen LogP contribution in [0.3, 0.4) is 0 Å². The third kappa shape index (κ3) is 12.0. The molecule has 0 aromatic carbocycles. The van der Waals surface area contributed by atoms with Crippen LogP contribution in [-0.4, -0.2) is 49.3 Å². The number of carbonyl (C=O) groups excluding carboxylic acids is 1. The van der Waals surface area contributed by atoms with Crippen molar-refractivity contribution in [2.75, 3.05) is 32.7 Å². The van der Waals surface area contributed by atoms with E-state index in [1.54, 1.807) is 0 Å². The summed E-state index contributed by atoms with van der Waals surface area (Å²) in [4.78, 5) is 13.8. The minimum Gasteiger partial charge on any atom is -0.444 e. The minimum atomic E-state index is -0.431. The molecule has 0 fully saturated rings. The van der Waals surface area contributed by atoms with Gasteiger partial charge in [0.2, 0.25) is 0 Å². The summed E-state index contributed by atoms with van der Waals surface area (Å²) in [5.41, 5.74) is 5.09. The van der Waals surface area contributed by atoms with Gasteiger partial charge in [-0.2, -0.15) is 0 Å². The van der Waals surface area contributed by atoms with E-state index in [4.69, 9.17) is 10.5 Å². The lowest BCUT2D eigenvalue weighted by molar-refractivity contribution is 0.0525. The van der Waals surface area contributed by atoms with Crippen molar-refractivity contribution < 1.29 is 9.53 Å². The van der Waals surface area contributed by atoms with Crippen molar-refractivity contribution in [1.82, 2.24) is 10.2 Å². The van der Waals surface area contributed by atoms with Gasteiger partial charge in [0.1, 0.15) is 5.60 Å². The quantitative estimate of drug-likeness (QED) is 0.630. The summed E-state index contributed by atoms with van der Waals surface area (Å²) in [5.74, 6) is 0. The highest BCUT2D eigenvalue weighted by atomic mass is 16.6. The lowest BCUT2D eigenvalue weighted by Gasteiger charge is -2.22. The number of nitrogens with two attached hydrogens (primary N) is 1. The average molecular weight is 273 g/mol. The van der Waals surface area contributed by atoms with E-state index < -0.39 is 5.60 Å². The van der Waals surface area contributed by atoms with Crippen molar-refractivity contribution in [3.8, 4) is 0 Å². The molecule has 0 saturated heterocycles. The number of amides is 1. The average Bonchev–Trinajstić information content (AvgIpc) is 2.29. The fourth-order valence-corrected chi connectivity index (χ4v) is 1.77. The molecule has 0 aromatic heterocycles. The first kappa shape index (κ1) is 18.2. The summed E-state index contributed by atoms with van der Waals surface area (Å²) in [6.45, 7) is 12.3. The van der Waals surface area contributed by atoms with Gasteiger partial charge in [-0.25, -0.2) is 4.79 Å². The van der Waals surface area contributed by atoms with Gasteiger partial charge in [0.25, 0.3) is 0 Å². The van der Waals surface area contributed by atoms with Gasteiger partial charge in [-0.15, -0.1) is 0 Å². The van der Waals surface area contributed by atoms with Gasteiger partial charge in [0.05, 0.1) is 0 Å². The molecule has 0 aliphatic carbocycles. The normalized spacial score (nSPS) is 11.7. The second kappa shape index (κ2) is 10.0. The Balaban J connectivity index is 3.72. The van der Waals surface area contributed by atoms with Crippen LogP contribution in [0.1, 0.15) is 47.0 Å². The van der Waals surface area contributed by atoms with Crippen LogP contribution < -0.4 is 11.1 Å². The zero-order chi connectivity index (χ0) is 14.7. The van der Waals surface area contributed by atoms with Crippen molar-refractivity contribution in [2.24, 2.45) is 5.73 Å². The topological polar surface area (TPSA) is 67.6 Å². The molecule has 0 aliphatic heterocycles. The molecule has 0 radical (unpaired) electrons. The van der Waals surface area contributed by atoms with Crippen LogP contribution in [0.2, 0.25) is 0 Å². The van der Waals surface area contributed by atoms with E-state index in [9.17, 15) is 4.79 Å². The Labute approximate surface area is 117 Å². The van der Waals surface area contributed by atoms with Crippen LogP contribution in [0.15, 0.2) is 0 Å². The number of nitrogens with zero attached hydrogens (tertiary/aromatic N) is 1. The largest absolute Gasteiger partial charge is 0.444 e. The first-order valence-electron chi connectivity index (χ1n) is 7.28. The first-order valence-corrected chi connectivity index (χ1v) is 7.28. The molecule has 0 unspecified atom stereocenters. The second-order valence-electron chi connectivity index (χ2n) is 5.77. The molecular weight excluding hydrogens is 242 g/mol. The molecule has 5 nitrogen and oxygen atoms in total. The van der Waals surface area contributed by atoms with Crippen molar-refractivity contribution in [1.29, 1.82) is 0 Å². The van der Waals surface area contributed by atoms with E-state index in [0.29, 0.717) is 6.54 Å². The molecule has 0 saturated carbocycles. The van der Waals surface area contributed by atoms with Crippen LogP contribution in [0.4, 0.5) is 4.79 Å². The lowest BCUT2D eigenvalue weighted by Crippen LogP contribution is -2.35. The highest BCUT2D eigenvalue weighted by Crippen LogP contribution is 2.06. The number of hydrogen-bond donors (Lipinski definition) is 2. The van der Waals surface area contributed by atoms with Crippen molar-refractivity contribution in [2.45, 2.75) is 52.6 Å². The summed E-state index contributed by atoms with van der Waals surface area (Å²) in [6.07, 6.45) is 2.77. The second-order valence-corrected chi connectivity index (χ2v) is 5.77. The molecule has 1 amide bonds. The zero-order valence-electron chi connectivity index (χ0n) is 13.0. The molecule has 0 aliphatic rings. The maximum atomic E-state index is 11.4. The Kier molecular flexibility index (Phi) is 9.61. The Bertz CT molecular complexity index is 239. The molecule has 0 aromatic rings. The molecule has 19 heavy (non-hydrogen) atoms. The van der Waals surface area contributed by atoms with Gasteiger partial charge >= 0.3 is 6.09 Å². The number of carbonyl (C=O) groups is 1. The van der Waals surface area contributed by atoms with Crippen LogP contribution in [0.25, 0.3) is 0 Å². The van der Waals surface area contributed by atoms with Gasteiger partial charge in [-0.05, 0) is 66.2 Å². The number of nitrogens with one attached hydrogen (secondary N) is 1. The van der Waals surface area contributed by atoms with Gasteiger partial charge in [0, 0.05) is 6.54 Å². The van der Waals surface area contributed by atoms with E-state index in [1.807, 2.05) is 20.8 Å². The summed E-state index contributed by atoms with van der Waals surface area (Å²) < 4.78 is 5.18. The lowest BCUT2D eigenvalue weighted by atomic mass is 10.2. The molecule has 0 atom stereocenters. The highest BCUT2D eigenvalue weighted by molar-refractivity contribution is 5.67. The fourth-order valence-electron chi connectivity index (χ4n) is 1.77. The van der Waals surface area contributed by atoms with Crippen LogP contribution >= 0.6 is 0 Å². The summed E-state index contributed by atoms with van der Waals surface area (Å²) in [7, 11) is 0. The Morgan fingerprint density at radius 3 is 2.37 bits per heavy atom. The molecule has 3 N–H and O–H groups in total. The predicted octanol–water partition coefficient (Wildman–Crippen LogP) is 1.96. The molecule has 0 spiro atoms. The molecule has 0 rings (SSSR count). The fraction of sp³-hybridized carbons (Fsp3) is 0.929. The van der Waals surface area contributed by atoms with Crippen molar-refractivity contribution in [3.05, 3.63) is 0 Å². The molecule has 114 valence electrons. The van der Waals surface area contributed by atoms with Crippen molar-refractivity contribution in [3.63, 3.8) is 0 Å². The third-order valence-corrected chi connectivity index (χ3v) is 2.54. The summed E-state index contributed by atoms with van der Waals surface area (Å²) >= 11 is 0. The number of hydrogen-bond acceptors (Lipinski definition) is 4. The monoisotopic (exact) mass is 273 g/mol. The standard InChI is InChI=1S/C14H31N3O2/c1-5-10-17(11-6-8-15)12-7-9-16-13(18)19-14(2,3)4/h5-12,15H2,1-4H3,(H,16,18).